The third kappa shape index (κ3) is 4.04. The van der Waals surface area contributed by atoms with Crippen LogP contribution in [0.4, 0.5) is 9.18 Å². The van der Waals surface area contributed by atoms with Crippen molar-refractivity contribution in [1.29, 1.82) is 0 Å². The molecule has 3 aliphatic rings. The van der Waals surface area contributed by atoms with E-state index in [4.69, 9.17) is 4.74 Å². The fourth-order valence-corrected chi connectivity index (χ4v) is 4.27. The highest BCUT2D eigenvalue weighted by Crippen LogP contribution is 2.30. The maximum Gasteiger partial charge on any atom is 0.408 e. The van der Waals surface area contributed by atoms with Crippen molar-refractivity contribution in [3.05, 3.63) is 59.9 Å². The lowest BCUT2D eigenvalue weighted by Gasteiger charge is -2.44. The predicted octanol–water partition coefficient (Wildman–Crippen LogP) is 4.79. The molecule has 3 fully saturated rings. The summed E-state index contributed by atoms with van der Waals surface area (Å²) in [6.45, 7) is 7.02. The van der Waals surface area contributed by atoms with Crippen molar-refractivity contribution in [3.8, 4) is 11.1 Å². The van der Waals surface area contributed by atoms with Gasteiger partial charge in [0.05, 0.1) is 5.54 Å². The van der Waals surface area contributed by atoms with E-state index in [2.05, 4.69) is 10.2 Å². The monoisotopic (exact) mass is 384 g/mol. The van der Waals surface area contributed by atoms with E-state index in [9.17, 15) is 9.18 Å². The Morgan fingerprint density at radius 3 is 2.50 bits per heavy atom. The predicted molar refractivity (Wildman–Crippen MR) is 110 cm³/mol. The van der Waals surface area contributed by atoms with Gasteiger partial charge in [-0.3, -0.25) is 4.90 Å². The van der Waals surface area contributed by atoms with Crippen LogP contribution in [0.1, 0.15) is 33.7 Å². The lowest BCUT2D eigenvalue weighted by atomic mass is 9.86. The molecule has 1 N–H and O–H groups in total. The molecule has 150 valence electrons. The number of carbonyl (C=O) groups is 1. The molecule has 5 heteroatoms. The van der Waals surface area contributed by atoms with E-state index >= 15 is 0 Å². The van der Waals surface area contributed by atoms with Gasteiger partial charge in [0, 0.05) is 7.97 Å². The van der Waals surface area contributed by atoms with Crippen molar-refractivity contribution in [2.45, 2.75) is 38.3 Å². The van der Waals surface area contributed by atoms with Crippen LogP contribution in [0.25, 0.3) is 11.1 Å². The zero-order valence-corrected chi connectivity index (χ0v) is 16.5. The highest BCUT2D eigenvalue weighted by atomic mass is 19.1. The average molecular weight is 384 g/mol. The van der Waals surface area contributed by atoms with E-state index < -0.39 is 5.54 Å². The van der Waals surface area contributed by atoms with Crippen molar-refractivity contribution in [1.82, 2.24) is 10.2 Å². The van der Waals surface area contributed by atoms with Crippen molar-refractivity contribution >= 4 is 6.09 Å². The minimum atomic E-state index is -0.582. The summed E-state index contributed by atoms with van der Waals surface area (Å²) >= 11 is 0. The maximum absolute atomic E-state index is 13.2. The molecule has 1 atom stereocenters. The van der Waals surface area contributed by atoms with Crippen molar-refractivity contribution in [2.24, 2.45) is 5.92 Å². The Bertz CT molecular complexity index is 848. The quantitative estimate of drug-likeness (QED) is 0.824. The van der Waals surface area contributed by atoms with E-state index in [-0.39, 0.29) is 19.4 Å². The van der Waals surface area contributed by atoms with Gasteiger partial charge in [-0.15, -0.1) is 0 Å². The number of hydrogen-bond acceptors (Lipinski definition) is 3. The maximum atomic E-state index is 13.2. The normalized spacial score (nSPS) is 24.0. The number of amides is 1. The van der Waals surface area contributed by atoms with Crippen LogP contribution >= 0.6 is 0 Å². The summed E-state index contributed by atoms with van der Waals surface area (Å²) in [5.41, 5.74) is 2.31. The van der Waals surface area contributed by atoms with Crippen LogP contribution in [0.3, 0.4) is 0 Å². The first-order valence-electron chi connectivity index (χ1n) is 9.98. The van der Waals surface area contributed by atoms with Crippen molar-refractivity contribution < 1.29 is 15.3 Å². The van der Waals surface area contributed by atoms with Crippen molar-refractivity contribution in [2.75, 3.05) is 19.6 Å². The zero-order chi connectivity index (χ0) is 19.7. The van der Waals surface area contributed by atoms with Gasteiger partial charge in [-0.1, -0.05) is 30.3 Å². The van der Waals surface area contributed by atoms with E-state index in [1.165, 1.54) is 12.1 Å². The number of nitrogens with zero attached hydrogens (tertiary/aromatic N) is 1. The summed E-state index contributed by atoms with van der Waals surface area (Å²) in [5.74, 6) is 0.234. The number of rotatable bonds is 4. The van der Waals surface area contributed by atoms with Gasteiger partial charge >= 0.3 is 6.09 Å². The smallest absolute Gasteiger partial charge is 0.408 e. The Hall–Kier alpha value is -2.40. The lowest BCUT2D eigenvalue weighted by molar-refractivity contribution is -0.0349. The second-order valence-electron chi connectivity index (χ2n) is 8.42. The first-order chi connectivity index (χ1) is 13.4. The molecule has 0 aromatic heterocycles. The van der Waals surface area contributed by atoms with Gasteiger partial charge in [0.1, 0.15) is 11.9 Å². The second-order valence-corrected chi connectivity index (χ2v) is 8.42. The fraction of sp³-hybridized carbons (Fsp3) is 0.435. The minimum absolute atomic E-state index is 0. The average Bonchev–Trinajstić information content (AvgIpc) is 2.69. The molecule has 28 heavy (non-hydrogen) atoms. The molecule has 0 unspecified atom stereocenters. The first kappa shape index (κ1) is 18.9. The molecule has 4 nitrogen and oxygen atoms in total. The van der Waals surface area contributed by atoms with Crippen LogP contribution in [0, 0.1) is 11.7 Å². The SMILES string of the molecule is CC(C)(NC(=O)O[C@@H]1CN2CCC1CC2)c1cccc(-c2ccc(F)cc2)c1.[HH]. The molecule has 0 saturated carbocycles. The number of halogens is 1. The second kappa shape index (κ2) is 7.55. The van der Waals surface area contributed by atoms with Crippen LogP contribution in [-0.4, -0.2) is 36.7 Å². The molecule has 3 heterocycles. The van der Waals surface area contributed by atoms with Gasteiger partial charge in [0.25, 0.3) is 0 Å². The topological polar surface area (TPSA) is 41.6 Å². The number of fused-ring (bicyclic) bond motifs is 3. The number of piperidine rings is 3. The number of alkyl carbamates (subject to hydrolysis) is 1. The molecule has 2 bridgehead atoms. The van der Waals surface area contributed by atoms with Gasteiger partial charge < -0.3 is 10.1 Å². The number of hydrogen-bond donors (Lipinski definition) is 1. The minimum Gasteiger partial charge on any atom is -0.445 e. The van der Waals surface area contributed by atoms with Crippen LogP contribution in [0.2, 0.25) is 0 Å². The largest absolute Gasteiger partial charge is 0.445 e. The number of benzene rings is 2. The molecule has 0 radical (unpaired) electrons. The Labute approximate surface area is 167 Å². The molecule has 0 spiro atoms. The first-order valence-corrected chi connectivity index (χ1v) is 9.98. The summed E-state index contributed by atoms with van der Waals surface area (Å²) in [5, 5.41) is 3.03. The standard InChI is InChI=1S/C23H27FN2O2.H2/c1-23(2,25-22(27)28-21-15-26-12-10-17(21)11-13-26)19-5-3-4-18(14-19)16-6-8-20(24)9-7-16;/h3-9,14,17,21H,10-13,15H2,1-2H3,(H,25,27);1H/t21-;/m1./s1. The number of nitrogens with one attached hydrogen (secondary N) is 1. The van der Waals surface area contributed by atoms with Crippen LogP contribution in [0.5, 0.6) is 0 Å². The number of ether oxygens (including phenoxy) is 1. The fourth-order valence-electron chi connectivity index (χ4n) is 4.27. The van der Waals surface area contributed by atoms with Gasteiger partial charge in [-0.05, 0) is 80.6 Å². The lowest BCUT2D eigenvalue weighted by Crippen LogP contribution is -2.53. The summed E-state index contributed by atoms with van der Waals surface area (Å²) in [4.78, 5) is 14.9. The zero-order valence-electron chi connectivity index (χ0n) is 16.5. The van der Waals surface area contributed by atoms with Gasteiger partial charge in [0.15, 0.2) is 0 Å². The molecule has 5 rings (SSSR count). The summed E-state index contributed by atoms with van der Waals surface area (Å²) < 4.78 is 19.0. The van der Waals surface area contributed by atoms with E-state index in [1.807, 2.05) is 38.1 Å². The molecular formula is C23H29FN2O2. The summed E-state index contributed by atoms with van der Waals surface area (Å²) in [7, 11) is 0. The molecule has 3 aliphatic heterocycles. The van der Waals surface area contributed by atoms with E-state index in [0.717, 1.165) is 49.2 Å². The Balaban J connectivity index is 0.00000240. The molecule has 2 aromatic carbocycles. The highest BCUT2D eigenvalue weighted by Gasteiger charge is 2.37. The molecule has 0 aliphatic carbocycles. The van der Waals surface area contributed by atoms with Crippen LogP contribution in [0.15, 0.2) is 48.5 Å². The van der Waals surface area contributed by atoms with Gasteiger partial charge in [0.2, 0.25) is 0 Å². The molecule has 1 amide bonds. The molecule has 2 aromatic rings. The third-order valence-corrected chi connectivity index (χ3v) is 6.03. The Kier molecular flexibility index (Phi) is 5.11. The van der Waals surface area contributed by atoms with E-state index in [0.29, 0.717) is 5.92 Å². The van der Waals surface area contributed by atoms with E-state index in [1.54, 1.807) is 12.1 Å². The van der Waals surface area contributed by atoms with Gasteiger partial charge in [-0.2, -0.15) is 0 Å². The Morgan fingerprint density at radius 2 is 1.86 bits per heavy atom. The summed E-state index contributed by atoms with van der Waals surface area (Å²) in [6.07, 6.45) is 1.85. The summed E-state index contributed by atoms with van der Waals surface area (Å²) in [6, 6.07) is 14.4. The molecule has 3 saturated heterocycles. The highest BCUT2D eigenvalue weighted by molar-refractivity contribution is 5.70. The van der Waals surface area contributed by atoms with Crippen LogP contribution in [-0.2, 0) is 10.3 Å². The molecular weight excluding hydrogens is 355 g/mol. The Morgan fingerprint density at radius 1 is 1.14 bits per heavy atom. The van der Waals surface area contributed by atoms with Crippen LogP contribution < -0.4 is 5.32 Å². The van der Waals surface area contributed by atoms with Crippen molar-refractivity contribution in [3.63, 3.8) is 0 Å². The number of carbonyl (C=O) groups excluding carboxylic acids is 1. The third-order valence-electron chi connectivity index (χ3n) is 6.03. The van der Waals surface area contributed by atoms with Gasteiger partial charge in [-0.25, -0.2) is 9.18 Å².